The largest absolute Gasteiger partial charge is 0.462 e. The molecule has 1 N–H and O–H groups in total. The Hall–Kier alpha value is -1.81. The van der Waals surface area contributed by atoms with Gasteiger partial charge in [0.05, 0.1) is 17.9 Å². The summed E-state index contributed by atoms with van der Waals surface area (Å²) in [7, 11) is 0. The maximum atomic E-state index is 12.5. The first-order valence-corrected chi connectivity index (χ1v) is 8.31. The maximum Gasteiger partial charge on any atom is 0.310 e. The number of halogens is 1. The Labute approximate surface area is 141 Å². The van der Waals surface area contributed by atoms with Gasteiger partial charge in [-0.25, -0.2) is 0 Å². The third kappa shape index (κ3) is 4.83. The van der Waals surface area contributed by atoms with E-state index in [0.717, 1.165) is 6.42 Å². The molecule has 1 aromatic carbocycles. The van der Waals surface area contributed by atoms with E-state index in [4.69, 9.17) is 16.3 Å². The molecule has 0 heterocycles. The SMILES string of the molecule is CCC(C)OC(=O)C1CC=CCC1C(=O)Nc1ccc(Cl)cc1. The lowest BCUT2D eigenvalue weighted by Gasteiger charge is -2.27. The normalized spacial score (nSPS) is 21.5. The Morgan fingerprint density at radius 1 is 1.22 bits per heavy atom. The zero-order valence-corrected chi connectivity index (χ0v) is 14.2. The van der Waals surface area contributed by atoms with Crippen LogP contribution < -0.4 is 5.32 Å². The summed E-state index contributed by atoms with van der Waals surface area (Å²) in [4.78, 5) is 24.9. The number of esters is 1. The molecule has 3 unspecified atom stereocenters. The summed E-state index contributed by atoms with van der Waals surface area (Å²) in [5.74, 6) is -1.30. The van der Waals surface area contributed by atoms with Crippen molar-refractivity contribution in [2.75, 3.05) is 5.32 Å². The van der Waals surface area contributed by atoms with Gasteiger partial charge in [-0.2, -0.15) is 0 Å². The summed E-state index contributed by atoms with van der Waals surface area (Å²) in [6.45, 7) is 3.82. The summed E-state index contributed by atoms with van der Waals surface area (Å²) < 4.78 is 5.42. The van der Waals surface area contributed by atoms with Crippen molar-refractivity contribution >= 4 is 29.2 Å². The molecule has 0 saturated carbocycles. The van der Waals surface area contributed by atoms with E-state index < -0.39 is 11.8 Å². The van der Waals surface area contributed by atoms with E-state index in [-0.39, 0.29) is 18.0 Å². The van der Waals surface area contributed by atoms with Crippen molar-refractivity contribution in [1.82, 2.24) is 0 Å². The smallest absolute Gasteiger partial charge is 0.310 e. The molecule has 3 atom stereocenters. The number of allylic oxidation sites excluding steroid dienone is 2. The molecule has 23 heavy (non-hydrogen) atoms. The molecule has 4 nitrogen and oxygen atoms in total. The zero-order valence-electron chi connectivity index (χ0n) is 13.4. The lowest BCUT2D eigenvalue weighted by atomic mass is 9.82. The molecule has 1 aromatic rings. The molecule has 0 radical (unpaired) electrons. The molecule has 0 bridgehead atoms. The van der Waals surface area contributed by atoms with Gasteiger partial charge in [0.15, 0.2) is 0 Å². The predicted molar refractivity (Wildman–Crippen MR) is 91.3 cm³/mol. The van der Waals surface area contributed by atoms with Gasteiger partial charge < -0.3 is 10.1 Å². The predicted octanol–water partition coefficient (Wildman–Crippen LogP) is 4.20. The van der Waals surface area contributed by atoms with Crippen LogP contribution in [0.25, 0.3) is 0 Å². The van der Waals surface area contributed by atoms with Crippen LogP contribution in [-0.2, 0) is 14.3 Å². The number of anilines is 1. The molecule has 0 saturated heterocycles. The second kappa shape index (κ2) is 8.16. The van der Waals surface area contributed by atoms with Crippen molar-refractivity contribution in [2.45, 2.75) is 39.2 Å². The number of carbonyl (C=O) groups excluding carboxylic acids is 2. The fraction of sp³-hybridized carbons (Fsp3) is 0.444. The molecule has 1 aliphatic carbocycles. The quantitative estimate of drug-likeness (QED) is 0.648. The van der Waals surface area contributed by atoms with Crippen molar-refractivity contribution < 1.29 is 14.3 Å². The highest BCUT2D eigenvalue weighted by Crippen LogP contribution is 2.29. The van der Waals surface area contributed by atoms with E-state index in [1.54, 1.807) is 24.3 Å². The van der Waals surface area contributed by atoms with Crippen LogP contribution in [0.15, 0.2) is 36.4 Å². The second-order valence-electron chi connectivity index (χ2n) is 5.81. The molecular formula is C18H22ClNO3. The molecule has 0 aromatic heterocycles. The van der Waals surface area contributed by atoms with Crippen LogP contribution in [0.5, 0.6) is 0 Å². The molecule has 1 aliphatic rings. The summed E-state index contributed by atoms with van der Waals surface area (Å²) >= 11 is 5.84. The fourth-order valence-corrected chi connectivity index (χ4v) is 2.63. The van der Waals surface area contributed by atoms with Crippen LogP contribution >= 0.6 is 11.6 Å². The van der Waals surface area contributed by atoms with Gasteiger partial charge in [0.25, 0.3) is 0 Å². The van der Waals surface area contributed by atoms with Crippen LogP contribution in [0.1, 0.15) is 33.1 Å². The number of amides is 1. The lowest BCUT2D eigenvalue weighted by molar-refractivity contribution is -0.157. The van der Waals surface area contributed by atoms with Gasteiger partial charge in [-0.3, -0.25) is 9.59 Å². The number of benzene rings is 1. The van der Waals surface area contributed by atoms with Gasteiger partial charge in [-0.05, 0) is 50.5 Å². The Kier molecular flexibility index (Phi) is 6.22. The highest BCUT2D eigenvalue weighted by Gasteiger charge is 2.35. The third-order valence-electron chi connectivity index (χ3n) is 4.08. The molecule has 2 rings (SSSR count). The minimum atomic E-state index is -0.429. The number of nitrogens with one attached hydrogen (secondary N) is 1. The summed E-state index contributed by atoms with van der Waals surface area (Å²) in [5.41, 5.74) is 0.669. The van der Waals surface area contributed by atoms with Crippen molar-refractivity contribution in [2.24, 2.45) is 11.8 Å². The second-order valence-corrected chi connectivity index (χ2v) is 6.24. The van der Waals surface area contributed by atoms with Gasteiger partial charge in [0, 0.05) is 10.7 Å². The molecule has 124 valence electrons. The van der Waals surface area contributed by atoms with E-state index in [2.05, 4.69) is 5.32 Å². The average molecular weight is 336 g/mol. The average Bonchev–Trinajstić information content (AvgIpc) is 2.56. The van der Waals surface area contributed by atoms with Gasteiger partial charge in [0.1, 0.15) is 0 Å². The molecular weight excluding hydrogens is 314 g/mol. The van der Waals surface area contributed by atoms with Crippen molar-refractivity contribution in [3.63, 3.8) is 0 Å². The minimum Gasteiger partial charge on any atom is -0.462 e. The monoisotopic (exact) mass is 335 g/mol. The van der Waals surface area contributed by atoms with E-state index in [9.17, 15) is 9.59 Å². The number of ether oxygens (including phenoxy) is 1. The molecule has 0 aliphatic heterocycles. The van der Waals surface area contributed by atoms with Gasteiger partial charge in [-0.15, -0.1) is 0 Å². The highest BCUT2D eigenvalue weighted by molar-refractivity contribution is 6.30. The minimum absolute atomic E-state index is 0.131. The summed E-state index contributed by atoms with van der Waals surface area (Å²) in [5, 5.41) is 3.46. The summed E-state index contributed by atoms with van der Waals surface area (Å²) in [6, 6.07) is 6.91. The Bertz CT molecular complexity index is 582. The topological polar surface area (TPSA) is 55.4 Å². The fourth-order valence-electron chi connectivity index (χ4n) is 2.50. The van der Waals surface area contributed by atoms with Crippen LogP contribution in [0.4, 0.5) is 5.69 Å². The maximum absolute atomic E-state index is 12.5. The van der Waals surface area contributed by atoms with Crippen molar-refractivity contribution in [3.05, 3.63) is 41.4 Å². The number of hydrogen-bond donors (Lipinski definition) is 1. The van der Waals surface area contributed by atoms with Gasteiger partial charge >= 0.3 is 5.97 Å². The lowest BCUT2D eigenvalue weighted by Crippen LogP contribution is -2.36. The Morgan fingerprint density at radius 2 is 1.83 bits per heavy atom. The van der Waals surface area contributed by atoms with E-state index in [0.29, 0.717) is 23.6 Å². The van der Waals surface area contributed by atoms with Crippen LogP contribution in [0.3, 0.4) is 0 Å². The molecule has 0 spiro atoms. The molecule has 5 heteroatoms. The van der Waals surface area contributed by atoms with E-state index in [1.165, 1.54) is 0 Å². The Balaban J connectivity index is 2.05. The first-order chi connectivity index (χ1) is 11.0. The van der Waals surface area contributed by atoms with Gasteiger partial charge in [-0.1, -0.05) is 30.7 Å². The van der Waals surface area contributed by atoms with Crippen LogP contribution in [0, 0.1) is 11.8 Å². The zero-order chi connectivity index (χ0) is 16.8. The van der Waals surface area contributed by atoms with Crippen molar-refractivity contribution in [1.29, 1.82) is 0 Å². The van der Waals surface area contributed by atoms with Crippen LogP contribution in [0.2, 0.25) is 5.02 Å². The van der Waals surface area contributed by atoms with Gasteiger partial charge in [0.2, 0.25) is 5.91 Å². The molecule has 0 fully saturated rings. The third-order valence-corrected chi connectivity index (χ3v) is 4.33. The molecule has 1 amide bonds. The standard InChI is InChI=1S/C18H22ClNO3/c1-3-12(2)23-18(22)16-7-5-4-6-15(16)17(21)20-14-10-8-13(19)9-11-14/h4-5,8-12,15-16H,3,6-7H2,1-2H3,(H,20,21). The number of hydrogen-bond acceptors (Lipinski definition) is 3. The highest BCUT2D eigenvalue weighted by atomic mass is 35.5. The number of rotatable bonds is 5. The summed E-state index contributed by atoms with van der Waals surface area (Å²) in [6.07, 6.45) is 5.59. The Morgan fingerprint density at radius 3 is 2.43 bits per heavy atom. The first-order valence-electron chi connectivity index (χ1n) is 7.93. The number of carbonyl (C=O) groups is 2. The van der Waals surface area contributed by atoms with Crippen molar-refractivity contribution in [3.8, 4) is 0 Å². The first kappa shape index (κ1) is 17.5. The van der Waals surface area contributed by atoms with E-state index >= 15 is 0 Å². The van der Waals surface area contributed by atoms with Crippen LogP contribution in [-0.4, -0.2) is 18.0 Å². The van der Waals surface area contributed by atoms with E-state index in [1.807, 2.05) is 26.0 Å².